The second-order valence-corrected chi connectivity index (χ2v) is 5.39. The number of halogens is 1. The molecule has 0 atom stereocenters. The first-order valence-corrected chi connectivity index (χ1v) is 7.61. The number of benzene rings is 1. The normalized spacial score (nSPS) is 10.9. The van der Waals surface area contributed by atoms with Gasteiger partial charge in [0.15, 0.2) is 5.65 Å². The van der Waals surface area contributed by atoms with Gasteiger partial charge in [-0.2, -0.15) is 5.10 Å². The lowest BCUT2D eigenvalue weighted by Crippen LogP contribution is -2.22. The van der Waals surface area contributed by atoms with Gasteiger partial charge in [-0.25, -0.2) is 13.9 Å². The molecule has 3 aromatic heterocycles. The highest BCUT2D eigenvalue weighted by Gasteiger charge is 2.16. The fourth-order valence-corrected chi connectivity index (χ4v) is 2.57. The molecule has 3 heterocycles. The predicted molar refractivity (Wildman–Crippen MR) is 88.3 cm³/mol. The number of amides is 1. The van der Waals surface area contributed by atoms with Crippen LogP contribution in [0.4, 0.5) is 4.39 Å². The minimum Gasteiger partial charge on any atom is -0.467 e. The number of fused-ring (bicyclic) bond motifs is 1. The Labute approximate surface area is 141 Å². The maximum absolute atomic E-state index is 13.1. The van der Waals surface area contributed by atoms with Gasteiger partial charge in [0.25, 0.3) is 5.91 Å². The van der Waals surface area contributed by atoms with Crippen LogP contribution in [-0.4, -0.2) is 20.5 Å². The van der Waals surface area contributed by atoms with Crippen LogP contribution >= 0.6 is 0 Å². The first-order chi connectivity index (χ1) is 12.2. The zero-order valence-corrected chi connectivity index (χ0v) is 13.0. The molecule has 0 radical (unpaired) electrons. The van der Waals surface area contributed by atoms with Crippen LogP contribution < -0.4 is 5.32 Å². The van der Waals surface area contributed by atoms with Crippen LogP contribution in [0.2, 0.25) is 0 Å². The van der Waals surface area contributed by atoms with Crippen molar-refractivity contribution in [1.29, 1.82) is 0 Å². The molecule has 0 aliphatic heterocycles. The van der Waals surface area contributed by atoms with E-state index in [9.17, 15) is 9.18 Å². The summed E-state index contributed by atoms with van der Waals surface area (Å²) >= 11 is 0. The van der Waals surface area contributed by atoms with Gasteiger partial charge in [-0.15, -0.1) is 0 Å². The largest absolute Gasteiger partial charge is 0.467 e. The number of hydrogen-bond acceptors (Lipinski definition) is 4. The van der Waals surface area contributed by atoms with E-state index in [1.165, 1.54) is 18.3 Å². The molecular formula is C18H13FN4O2. The van der Waals surface area contributed by atoms with Crippen molar-refractivity contribution < 1.29 is 13.6 Å². The predicted octanol–water partition coefficient (Wildman–Crippen LogP) is 3.06. The first-order valence-electron chi connectivity index (χ1n) is 7.61. The number of aromatic nitrogens is 3. The number of hydrogen-bond donors (Lipinski definition) is 1. The van der Waals surface area contributed by atoms with E-state index in [-0.39, 0.29) is 18.3 Å². The Morgan fingerprint density at radius 1 is 1.20 bits per heavy atom. The SMILES string of the molecule is O=C(NCc1ccco1)c1cnn2c(-c3ccc(F)cc3)ccnc12. The van der Waals surface area contributed by atoms with E-state index in [1.54, 1.807) is 47.3 Å². The molecule has 1 amide bonds. The Balaban J connectivity index is 1.66. The van der Waals surface area contributed by atoms with E-state index in [4.69, 9.17) is 4.42 Å². The fraction of sp³-hybridized carbons (Fsp3) is 0.0556. The third-order valence-corrected chi connectivity index (χ3v) is 3.79. The van der Waals surface area contributed by atoms with E-state index in [0.717, 1.165) is 11.3 Å². The number of carbonyl (C=O) groups excluding carboxylic acids is 1. The number of carbonyl (C=O) groups is 1. The minimum atomic E-state index is -0.312. The quantitative estimate of drug-likeness (QED) is 0.622. The van der Waals surface area contributed by atoms with Crippen LogP contribution in [0.5, 0.6) is 0 Å². The molecule has 4 rings (SSSR count). The van der Waals surface area contributed by atoms with Crippen molar-refractivity contribution in [3.05, 3.63) is 78.3 Å². The molecule has 1 N–H and O–H groups in total. The van der Waals surface area contributed by atoms with Crippen molar-refractivity contribution >= 4 is 11.6 Å². The van der Waals surface area contributed by atoms with Crippen molar-refractivity contribution in [1.82, 2.24) is 19.9 Å². The molecule has 0 aliphatic rings. The maximum Gasteiger partial charge on any atom is 0.257 e. The van der Waals surface area contributed by atoms with Crippen LogP contribution in [0.3, 0.4) is 0 Å². The number of furan rings is 1. The molecule has 0 aliphatic carbocycles. The van der Waals surface area contributed by atoms with Crippen molar-refractivity contribution in [3.63, 3.8) is 0 Å². The van der Waals surface area contributed by atoms with E-state index < -0.39 is 0 Å². The van der Waals surface area contributed by atoms with Gasteiger partial charge in [-0.3, -0.25) is 4.79 Å². The third-order valence-electron chi connectivity index (χ3n) is 3.79. The third kappa shape index (κ3) is 2.87. The summed E-state index contributed by atoms with van der Waals surface area (Å²) in [5.74, 6) is 0.0486. The molecule has 0 bridgehead atoms. The topological polar surface area (TPSA) is 72.4 Å². The molecule has 0 unspecified atom stereocenters. The number of nitrogens with zero attached hydrogens (tertiary/aromatic N) is 3. The smallest absolute Gasteiger partial charge is 0.257 e. The maximum atomic E-state index is 13.1. The van der Waals surface area contributed by atoms with Crippen LogP contribution in [0.1, 0.15) is 16.1 Å². The molecule has 1 aromatic carbocycles. The van der Waals surface area contributed by atoms with E-state index in [2.05, 4.69) is 15.4 Å². The lowest BCUT2D eigenvalue weighted by molar-refractivity contribution is 0.0949. The average Bonchev–Trinajstić information content (AvgIpc) is 3.30. The van der Waals surface area contributed by atoms with Gasteiger partial charge in [-0.1, -0.05) is 0 Å². The van der Waals surface area contributed by atoms with Gasteiger partial charge in [0, 0.05) is 11.8 Å². The van der Waals surface area contributed by atoms with Crippen molar-refractivity contribution in [2.45, 2.75) is 6.54 Å². The summed E-state index contributed by atoms with van der Waals surface area (Å²) in [6, 6.07) is 11.4. The molecule has 6 nitrogen and oxygen atoms in total. The molecule has 25 heavy (non-hydrogen) atoms. The summed E-state index contributed by atoms with van der Waals surface area (Å²) < 4.78 is 19.9. The number of rotatable bonds is 4. The van der Waals surface area contributed by atoms with Crippen molar-refractivity contribution in [2.24, 2.45) is 0 Å². The first kappa shape index (κ1) is 15.1. The Kier molecular flexibility index (Phi) is 3.74. The Hall–Kier alpha value is -3.48. The van der Waals surface area contributed by atoms with Crippen LogP contribution in [0.15, 0.2) is 65.5 Å². The van der Waals surface area contributed by atoms with Gasteiger partial charge >= 0.3 is 0 Å². The van der Waals surface area contributed by atoms with Gasteiger partial charge < -0.3 is 9.73 Å². The average molecular weight is 336 g/mol. The highest BCUT2D eigenvalue weighted by atomic mass is 19.1. The summed E-state index contributed by atoms with van der Waals surface area (Å²) in [4.78, 5) is 16.7. The summed E-state index contributed by atoms with van der Waals surface area (Å²) in [7, 11) is 0. The van der Waals surface area contributed by atoms with Crippen LogP contribution in [0.25, 0.3) is 16.9 Å². The zero-order valence-electron chi connectivity index (χ0n) is 13.0. The minimum absolute atomic E-state index is 0.279. The summed E-state index contributed by atoms with van der Waals surface area (Å²) in [6.45, 7) is 0.279. The second kappa shape index (κ2) is 6.20. The lowest BCUT2D eigenvalue weighted by atomic mass is 10.1. The van der Waals surface area contributed by atoms with Crippen molar-refractivity contribution in [3.8, 4) is 11.3 Å². The van der Waals surface area contributed by atoms with E-state index in [0.29, 0.717) is 17.0 Å². The molecule has 124 valence electrons. The number of nitrogens with one attached hydrogen (secondary N) is 1. The summed E-state index contributed by atoms with van der Waals surface area (Å²) in [5.41, 5.74) is 2.28. The van der Waals surface area contributed by atoms with Gasteiger partial charge in [0.2, 0.25) is 0 Å². The Morgan fingerprint density at radius 3 is 2.80 bits per heavy atom. The molecule has 0 spiro atoms. The molecule has 0 saturated heterocycles. The van der Waals surface area contributed by atoms with Gasteiger partial charge in [-0.05, 0) is 42.5 Å². The molecule has 7 heteroatoms. The van der Waals surface area contributed by atoms with Crippen LogP contribution in [-0.2, 0) is 6.54 Å². The molecule has 0 saturated carbocycles. The van der Waals surface area contributed by atoms with Gasteiger partial charge in [0.1, 0.15) is 17.1 Å². The molecule has 4 aromatic rings. The Bertz CT molecular complexity index is 1020. The van der Waals surface area contributed by atoms with Gasteiger partial charge in [0.05, 0.1) is 24.7 Å². The standard InChI is InChI=1S/C18H13FN4O2/c19-13-5-3-12(4-6-13)16-7-8-20-17-15(11-22-23(16)17)18(24)21-10-14-2-1-9-25-14/h1-9,11H,10H2,(H,21,24). The summed E-state index contributed by atoms with van der Waals surface area (Å²) in [5, 5.41) is 7.03. The van der Waals surface area contributed by atoms with Crippen LogP contribution in [0, 0.1) is 5.82 Å². The molecule has 0 fully saturated rings. The van der Waals surface area contributed by atoms with E-state index >= 15 is 0 Å². The summed E-state index contributed by atoms with van der Waals surface area (Å²) in [6.07, 6.45) is 4.61. The lowest BCUT2D eigenvalue weighted by Gasteiger charge is -2.05. The zero-order chi connectivity index (χ0) is 17.2. The Morgan fingerprint density at radius 2 is 2.04 bits per heavy atom. The van der Waals surface area contributed by atoms with Crippen molar-refractivity contribution in [2.75, 3.05) is 0 Å². The monoisotopic (exact) mass is 336 g/mol. The fourth-order valence-electron chi connectivity index (χ4n) is 2.57. The highest BCUT2D eigenvalue weighted by molar-refractivity contribution is 5.99. The second-order valence-electron chi connectivity index (χ2n) is 5.39. The molecular weight excluding hydrogens is 323 g/mol. The highest BCUT2D eigenvalue weighted by Crippen LogP contribution is 2.21. The van der Waals surface area contributed by atoms with E-state index in [1.807, 2.05) is 0 Å².